The maximum Gasteiger partial charge on any atom is 0.00511 e. The molecule has 1 unspecified atom stereocenters. The fourth-order valence-corrected chi connectivity index (χ4v) is 2.36. The summed E-state index contributed by atoms with van der Waals surface area (Å²) in [5, 5.41) is 3.45. The number of nitrogens with one attached hydrogen (secondary N) is 1. The van der Waals surface area contributed by atoms with E-state index in [4.69, 9.17) is 0 Å². The van der Waals surface area contributed by atoms with Crippen LogP contribution in [-0.4, -0.2) is 37.6 Å². The number of hydrogen-bond donors (Lipinski definition) is 1. The molecule has 2 nitrogen and oxygen atoms in total. The zero-order chi connectivity index (χ0) is 7.73. The van der Waals surface area contributed by atoms with Crippen molar-refractivity contribution in [3.05, 3.63) is 6.92 Å². The number of hydrogen-bond acceptors (Lipinski definition) is 2. The van der Waals surface area contributed by atoms with Gasteiger partial charge in [0.2, 0.25) is 0 Å². The highest BCUT2D eigenvalue weighted by atomic mass is 15.2. The Kier molecular flexibility index (Phi) is 1.90. The van der Waals surface area contributed by atoms with Crippen LogP contribution in [0.4, 0.5) is 0 Å². The lowest BCUT2D eigenvalue weighted by Gasteiger charge is -2.21. The van der Waals surface area contributed by atoms with Gasteiger partial charge in [0.15, 0.2) is 0 Å². The van der Waals surface area contributed by atoms with E-state index in [1.165, 1.54) is 39.0 Å². The summed E-state index contributed by atoms with van der Waals surface area (Å²) in [4.78, 5) is 2.47. The largest absolute Gasteiger partial charge is 0.316 e. The zero-order valence-electron chi connectivity index (χ0n) is 7.10. The molecule has 0 bridgehead atoms. The monoisotopic (exact) mass is 153 g/mol. The summed E-state index contributed by atoms with van der Waals surface area (Å²) in [5.74, 6) is 0. The van der Waals surface area contributed by atoms with Crippen LogP contribution in [0.5, 0.6) is 0 Å². The van der Waals surface area contributed by atoms with E-state index in [-0.39, 0.29) is 0 Å². The Morgan fingerprint density at radius 1 is 1.45 bits per heavy atom. The molecular weight excluding hydrogens is 136 g/mol. The van der Waals surface area contributed by atoms with Gasteiger partial charge in [0, 0.05) is 13.1 Å². The van der Waals surface area contributed by atoms with Gasteiger partial charge in [-0.15, -0.1) is 0 Å². The van der Waals surface area contributed by atoms with Crippen LogP contribution in [0, 0.1) is 12.3 Å². The molecule has 2 heterocycles. The quantitative estimate of drug-likeness (QED) is 0.590. The minimum atomic E-state index is 0.637. The van der Waals surface area contributed by atoms with Crippen LogP contribution in [0.3, 0.4) is 0 Å². The van der Waals surface area contributed by atoms with Gasteiger partial charge >= 0.3 is 0 Å². The van der Waals surface area contributed by atoms with Crippen molar-refractivity contribution >= 4 is 0 Å². The molecule has 2 heteroatoms. The van der Waals surface area contributed by atoms with Gasteiger partial charge in [-0.3, -0.25) is 0 Å². The van der Waals surface area contributed by atoms with E-state index in [0.717, 1.165) is 6.54 Å². The average molecular weight is 153 g/mol. The molecule has 1 atom stereocenters. The van der Waals surface area contributed by atoms with Crippen molar-refractivity contribution in [3.63, 3.8) is 0 Å². The van der Waals surface area contributed by atoms with E-state index in [0.29, 0.717) is 5.41 Å². The van der Waals surface area contributed by atoms with Gasteiger partial charge in [0.05, 0.1) is 0 Å². The van der Waals surface area contributed by atoms with Crippen molar-refractivity contribution < 1.29 is 0 Å². The summed E-state index contributed by atoms with van der Waals surface area (Å²) in [6, 6.07) is 0. The Balaban J connectivity index is 1.96. The first kappa shape index (κ1) is 7.56. The van der Waals surface area contributed by atoms with Gasteiger partial charge in [-0.2, -0.15) is 0 Å². The van der Waals surface area contributed by atoms with E-state index in [2.05, 4.69) is 17.1 Å². The fraction of sp³-hybridized carbons (Fsp3) is 0.889. The van der Waals surface area contributed by atoms with Crippen LogP contribution < -0.4 is 5.32 Å². The molecule has 0 aromatic rings. The van der Waals surface area contributed by atoms with E-state index in [1.54, 1.807) is 0 Å². The van der Waals surface area contributed by atoms with Crippen molar-refractivity contribution in [3.8, 4) is 0 Å². The van der Waals surface area contributed by atoms with E-state index < -0.39 is 0 Å². The molecule has 1 radical (unpaired) electrons. The molecule has 2 saturated heterocycles. The maximum absolute atomic E-state index is 3.93. The first-order valence-corrected chi connectivity index (χ1v) is 4.57. The smallest absolute Gasteiger partial charge is 0.00511 e. The maximum atomic E-state index is 3.93. The van der Waals surface area contributed by atoms with Gasteiger partial charge in [0.1, 0.15) is 0 Å². The highest BCUT2D eigenvalue weighted by molar-refractivity contribution is 4.95. The second-order valence-electron chi connectivity index (χ2n) is 3.95. The van der Waals surface area contributed by atoms with Crippen molar-refractivity contribution in [2.45, 2.75) is 12.8 Å². The zero-order valence-corrected chi connectivity index (χ0v) is 7.10. The summed E-state index contributed by atoms with van der Waals surface area (Å²) in [7, 11) is 0. The number of nitrogens with zero attached hydrogens (tertiary/aromatic N) is 1. The normalized spacial score (nSPS) is 39.0. The fourth-order valence-electron chi connectivity index (χ4n) is 2.36. The second kappa shape index (κ2) is 2.76. The van der Waals surface area contributed by atoms with Gasteiger partial charge in [0.25, 0.3) is 0 Å². The van der Waals surface area contributed by atoms with Gasteiger partial charge < -0.3 is 10.2 Å². The van der Waals surface area contributed by atoms with Crippen molar-refractivity contribution in [1.29, 1.82) is 0 Å². The molecule has 0 aromatic carbocycles. The molecule has 0 aliphatic carbocycles. The van der Waals surface area contributed by atoms with E-state index in [1.807, 2.05) is 0 Å². The van der Waals surface area contributed by atoms with Crippen LogP contribution >= 0.6 is 0 Å². The number of likely N-dealkylation sites (tertiary alicyclic amines) is 1. The molecule has 2 fully saturated rings. The number of rotatable bonds is 1. The molecule has 0 aromatic heterocycles. The highest BCUT2D eigenvalue weighted by Gasteiger charge is 2.39. The second-order valence-corrected chi connectivity index (χ2v) is 3.95. The summed E-state index contributed by atoms with van der Waals surface area (Å²) in [6.07, 6.45) is 2.76. The lowest BCUT2D eigenvalue weighted by atomic mass is 9.87. The SMILES string of the molecule is [CH2]CN1CCC2(CCNC2)C1. The van der Waals surface area contributed by atoms with Crippen LogP contribution in [0.2, 0.25) is 0 Å². The summed E-state index contributed by atoms with van der Waals surface area (Å²) in [6.45, 7) is 9.93. The Bertz CT molecular complexity index is 138. The van der Waals surface area contributed by atoms with E-state index >= 15 is 0 Å². The summed E-state index contributed by atoms with van der Waals surface area (Å²) >= 11 is 0. The molecule has 63 valence electrons. The van der Waals surface area contributed by atoms with Crippen molar-refractivity contribution in [2.24, 2.45) is 5.41 Å². The third kappa shape index (κ3) is 1.30. The Hall–Kier alpha value is -0.0800. The predicted octanol–water partition coefficient (Wildman–Crippen LogP) is 0.506. The first-order valence-electron chi connectivity index (χ1n) is 4.57. The molecule has 2 rings (SSSR count). The first-order chi connectivity index (χ1) is 5.35. The Labute approximate surface area is 69.0 Å². The predicted molar refractivity (Wildman–Crippen MR) is 46.3 cm³/mol. The Morgan fingerprint density at radius 3 is 2.91 bits per heavy atom. The third-order valence-corrected chi connectivity index (χ3v) is 3.17. The highest BCUT2D eigenvalue weighted by Crippen LogP contribution is 2.35. The Morgan fingerprint density at radius 2 is 2.36 bits per heavy atom. The lowest BCUT2D eigenvalue weighted by molar-refractivity contribution is 0.292. The average Bonchev–Trinajstić information content (AvgIpc) is 2.62. The molecular formula is C9H17N2. The molecule has 11 heavy (non-hydrogen) atoms. The standard InChI is InChI=1S/C9H17N2/c1-2-11-6-4-9(8-11)3-5-10-7-9/h10H,1-8H2. The third-order valence-electron chi connectivity index (χ3n) is 3.17. The minimum absolute atomic E-state index is 0.637. The van der Waals surface area contributed by atoms with Gasteiger partial charge in [-0.05, 0) is 44.8 Å². The summed E-state index contributed by atoms with van der Waals surface area (Å²) < 4.78 is 0. The van der Waals surface area contributed by atoms with Gasteiger partial charge in [-0.25, -0.2) is 0 Å². The molecule has 1 spiro atoms. The lowest BCUT2D eigenvalue weighted by Crippen LogP contribution is -2.29. The summed E-state index contributed by atoms with van der Waals surface area (Å²) in [5.41, 5.74) is 0.637. The van der Waals surface area contributed by atoms with Crippen LogP contribution in [0.15, 0.2) is 0 Å². The van der Waals surface area contributed by atoms with Gasteiger partial charge in [-0.1, -0.05) is 0 Å². The molecule has 2 aliphatic heterocycles. The molecule has 0 amide bonds. The minimum Gasteiger partial charge on any atom is -0.316 e. The topological polar surface area (TPSA) is 15.3 Å². The van der Waals surface area contributed by atoms with Crippen LogP contribution in [0.1, 0.15) is 12.8 Å². The molecule has 2 aliphatic rings. The molecule has 1 N–H and O–H groups in total. The van der Waals surface area contributed by atoms with E-state index in [9.17, 15) is 0 Å². The van der Waals surface area contributed by atoms with Crippen molar-refractivity contribution in [1.82, 2.24) is 10.2 Å². The van der Waals surface area contributed by atoms with Crippen molar-refractivity contribution in [2.75, 3.05) is 32.7 Å². The van der Waals surface area contributed by atoms with Crippen LogP contribution in [-0.2, 0) is 0 Å². The van der Waals surface area contributed by atoms with Crippen LogP contribution in [0.25, 0.3) is 0 Å². The molecule has 0 saturated carbocycles.